The van der Waals surface area contributed by atoms with Crippen molar-refractivity contribution in [1.29, 1.82) is 0 Å². The molecule has 3 rings (SSSR count). The third-order valence-corrected chi connectivity index (χ3v) is 4.19. The molecule has 128 valence electrons. The van der Waals surface area contributed by atoms with Crippen LogP contribution >= 0.6 is 0 Å². The number of hydrogen-bond acceptors (Lipinski definition) is 4. The first-order valence-electron chi connectivity index (χ1n) is 8.28. The summed E-state index contributed by atoms with van der Waals surface area (Å²) in [6.07, 6.45) is 2.48. The maximum atomic E-state index is 12.3. The maximum Gasteiger partial charge on any atom is 0.343 e. The summed E-state index contributed by atoms with van der Waals surface area (Å²) < 4.78 is 5.33. The summed E-state index contributed by atoms with van der Waals surface area (Å²) in [4.78, 5) is 37.3. The summed E-state index contributed by atoms with van der Waals surface area (Å²) in [5.41, 5.74) is 1.67. The van der Waals surface area contributed by atoms with Gasteiger partial charge in [-0.15, -0.1) is 0 Å². The topological polar surface area (TPSA) is 63.7 Å². The first-order chi connectivity index (χ1) is 12.0. The van der Waals surface area contributed by atoms with Crippen molar-refractivity contribution in [2.75, 3.05) is 11.4 Å². The molecule has 1 aliphatic heterocycles. The van der Waals surface area contributed by atoms with Crippen molar-refractivity contribution in [3.8, 4) is 5.75 Å². The minimum absolute atomic E-state index is 0.0894. The Morgan fingerprint density at radius 3 is 2.44 bits per heavy atom. The number of amides is 1. The molecule has 1 saturated heterocycles. The third kappa shape index (κ3) is 3.94. The number of benzene rings is 2. The second-order valence-corrected chi connectivity index (χ2v) is 6.02. The van der Waals surface area contributed by atoms with E-state index in [4.69, 9.17) is 4.74 Å². The van der Waals surface area contributed by atoms with E-state index in [-0.39, 0.29) is 11.7 Å². The zero-order chi connectivity index (χ0) is 17.8. The number of piperidine rings is 1. The highest BCUT2D eigenvalue weighted by Gasteiger charge is 2.20. The van der Waals surface area contributed by atoms with Crippen LogP contribution in [0.2, 0.25) is 0 Å². The van der Waals surface area contributed by atoms with Crippen molar-refractivity contribution < 1.29 is 19.1 Å². The van der Waals surface area contributed by atoms with Gasteiger partial charge in [0.05, 0.1) is 5.56 Å². The molecular weight excluding hydrogens is 318 g/mol. The summed E-state index contributed by atoms with van der Waals surface area (Å²) in [5, 5.41) is 0. The van der Waals surface area contributed by atoms with E-state index in [0.717, 1.165) is 18.5 Å². The number of esters is 1. The Morgan fingerprint density at radius 2 is 1.76 bits per heavy atom. The lowest BCUT2D eigenvalue weighted by atomic mass is 10.1. The number of Topliss-reactive ketones (excluding diaryl/α,β-unsaturated/α-hetero) is 1. The molecule has 5 nitrogen and oxygen atoms in total. The van der Waals surface area contributed by atoms with Crippen LogP contribution in [0.25, 0.3) is 0 Å². The Morgan fingerprint density at radius 1 is 1.00 bits per heavy atom. The van der Waals surface area contributed by atoms with Gasteiger partial charge in [0.1, 0.15) is 5.75 Å². The van der Waals surface area contributed by atoms with E-state index in [1.165, 1.54) is 6.92 Å². The summed E-state index contributed by atoms with van der Waals surface area (Å²) in [6.45, 7) is 2.17. The van der Waals surface area contributed by atoms with Crippen molar-refractivity contribution in [2.24, 2.45) is 0 Å². The van der Waals surface area contributed by atoms with E-state index in [1.54, 1.807) is 53.4 Å². The first kappa shape index (κ1) is 16.9. The fourth-order valence-electron chi connectivity index (χ4n) is 2.80. The lowest BCUT2D eigenvalue weighted by Gasteiger charge is -2.26. The van der Waals surface area contributed by atoms with Crippen LogP contribution in [-0.4, -0.2) is 24.2 Å². The number of anilines is 1. The average Bonchev–Trinajstić information content (AvgIpc) is 2.62. The monoisotopic (exact) mass is 337 g/mol. The molecule has 25 heavy (non-hydrogen) atoms. The minimum Gasteiger partial charge on any atom is -0.423 e. The van der Waals surface area contributed by atoms with Crippen LogP contribution in [0, 0.1) is 0 Å². The quantitative estimate of drug-likeness (QED) is 0.485. The Labute approximate surface area is 146 Å². The molecule has 0 bridgehead atoms. The van der Waals surface area contributed by atoms with Gasteiger partial charge in [0.2, 0.25) is 5.91 Å². The highest BCUT2D eigenvalue weighted by molar-refractivity contribution is 5.96. The van der Waals surface area contributed by atoms with Crippen LogP contribution in [0.15, 0.2) is 48.5 Å². The Balaban J connectivity index is 1.71. The van der Waals surface area contributed by atoms with Gasteiger partial charge >= 0.3 is 5.97 Å². The molecule has 2 aromatic carbocycles. The van der Waals surface area contributed by atoms with Crippen molar-refractivity contribution in [1.82, 2.24) is 0 Å². The van der Waals surface area contributed by atoms with E-state index in [1.807, 2.05) is 0 Å². The Kier molecular flexibility index (Phi) is 4.93. The Bertz CT molecular complexity index is 811. The van der Waals surface area contributed by atoms with Crippen LogP contribution in [0.4, 0.5) is 5.69 Å². The number of nitrogens with zero attached hydrogens (tertiary/aromatic N) is 1. The van der Waals surface area contributed by atoms with Gasteiger partial charge in [0.15, 0.2) is 5.78 Å². The molecule has 0 atom stereocenters. The average molecular weight is 337 g/mol. The standard InChI is InChI=1S/C20H19NO4/c1-14(22)16-5-4-6-18(13-16)25-20(24)15-8-10-17(11-9-15)21-12-3-2-7-19(21)23/h4-6,8-11,13H,2-3,7,12H2,1H3. The number of carbonyl (C=O) groups excluding carboxylic acids is 3. The molecule has 0 radical (unpaired) electrons. The molecule has 1 fully saturated rings. The molecule has 1 aliphatic rings. The fourth-order valence-corrected chi connectivity index (χ4v) is 2.80. The predicted octanol–water partition coefficient (Wildman–Crippen LogP) is 3.63. The van der Waals surface area contributed by atoms with Gasteiger partial charge < -0.3 is 9.64 Å². The van der Waals surface area contributed by atoms with Crippen LogP contribution < -0.4 is 9.64 Å². The molecule has 0 spiro atoms. The summed E-state index contributed by atoms with van der Waals surface area (Å²) in [6, 6.07) is 13.3. The van der Waals surface area contributed by atoms with Crippen molar-refractivity contribution >= 4 is 23.3 Å². The van der Waals surface area contributed by atoms with Crippen LogP contribution in [0.5, 0.6) is 5.75 Å². The van der Waals surface area contributed by atoms with Crippen molar-refractivity contribution in [2.45, 2.75) is 26.2 Å². The summed E-state index contributed by atoms with van der Waals surface area (Å²) in [7, 11) is 0. The number of ether oxygens (including phenoxy) is 1. The van der Waals surface area contributed by atoms with Crippen LogP contribution in [0.3, 0.4) is 0 Å². The Hall–Kier alpha value is -2.95. The van der Waals surface area contributed by atoms with E-state index >= 15 is 0 Å². The largest absolute Gasteiger partial charge is 0.423 e. The van der Waals surface area contributed by atoms with Crippen molar-refractivity contribution in [3.63, 3.8) is 0 Å². The van der Waals surface area contributed by atoms with E-state index in [9.17, 15) is 14.4 Å². The molecule has 0 saturated carbocycles. The second kappa shape index (κ2) is 7.30. The van der Waals surface area contributed by atoms with Gasteiger partial charge in [-0.2, -0.15) is 0 Å². The summed E-state index contributed by atoms with van der Waals surface area (Å²) in [5.74, 6) is -0.152. The molecule has 2 aromatic rings. The molecular formula is C20H19NO4. The summed E-state index contributed by atoms with van der Waals surface area (Å²) >= 11 is 0. The number of ketones is 1. The zero-order valence-corrected chi connectivity index (χ0v) is 14.0. The zero-order valence-electron chi connectivity index (χ0n) is 14.0. The van der Waals surface area contributed by atoms with E-state index < -0.39 is 5.97 Å². The van der Waals surface area contributed by atoms with Gasteiger partial charge in [-0.1, -0.05) is 12.1 Å². The van der Waals surface area contributed by atoms with Crippen molar-refractivity contribution in [3.05, 3.63) is 59.7 Å². The smallest absolute Gasteiger partial charge is 0.343 e. The van der Waals surface area contributed by atoms with Gasteiger partial charge in [0.25, 0.3) is 0 Å². The first-order valence-corrected chi connectivity index (χ1v) is 8.28. The highest BCUT2D eigenvalue weighted by Crippen LogP contribution is 2.22. The lowest BCUT2D eigenvalue weighted by Crippen LogP contribution is -2.35. The van der Waals surface area contributed by atoms with Gasteiger partial charge in [0, 0.05) is 24.2 Å². The molecule has 1 amide bonds. The second-order valence-electron chi connectivity index (χ2n) is 6.02. The molecule has 5 heteroatoms. The predicted molar refractivity (Wildman–Crippen MR) is 94.1 cm³/mol. The normalized spacial score (nSPS) is 14.3. The minimum atomic E-state index is -0.503. The van der Waals surface area contributed by atoms with Gasteiger partial charge in [-0.25, -0.2) is 4.79 Å². The third-order valence-electron chi connectivity index (χ3n) is 4.19. The molecule has 1 heterocycles. The van der Waals surface area contributed by atoms with Gasteiger partial charge in [-0.3, -0.25) is 9.59 Å². The lowest BCUT2D eigenvalue weighted by molar-refractivity contribution is -0.119. The molecule has 0 aromatic heterocycles. The molecule has 0 aliphatic carbocycles. The SMILES string of the molecule is CC(=O)c1cccc(OC(=O)c2ccc(N3CCCCC3=O)cc2)c1. The van der Waals surface area contributed by atoms with Crippen LogP contribution in [-0.2, 0) is 4.79 Å². The van der Waals surface area contributed by atoms with Crippen LogP contribution in [0.1, 0.15) is 46.9 Å². The molecule has 0 N–H and O–H groups in total. The maximum absolute atomic E-state index is 12.3. The van der Waals surface area contributed by atoms with E-state index in [2.05, 4.69) is 0 Å². The number of rotatable bonds is 4. The highest BCUT2D eigenvalue weighted by atomic mass is 16.5. The number of hydrogen-bond donors (Lipinski definition) is 0. The van der Waals surface area contributed by atoms with Gasteiger partial charge in [-0.05, 0) is 56.2 Å². The fraction of sp³-hybridized carbons (Fsp3) is 0.250. The van der Waals surface area contributed by atoms with E-state index in [0.29, 0.717) is 29.8 Å². The molecule has 0 unspecified atom stereocenters. The number of carbonyl (C=O) groups is 3.